The van der Waals surface area contributed by atoms with Crippen molar-refractivity contribution in [1.82, 2.24) is 0 Å². The maximum atomic E-state index is 5.64. The summed E-state index contributed by atoms with van der Waals surface area (Å²) < 4.78 is 18.2. The van der Waals surface area contributed by atoms with E-state index >= 15 is 0 Å². The maximum absolute atomic E-state index is 5.64. The molecule has 0 fully saturated rings. The van der Waals surface area contributed by atoms with Crippen molar-refractivity contribution in [3.8, 4) is 0 Å². The Morgan fingerprint density at radius 3 is 2.06 bits per heavy atom. The number of hydrogen-bond acceptors (Lipinski definition) is 3. The van der Waals surface area contributed by atoms with Gasteiger partial charge in [0.1, 0.15) is 0 Å². The number of rotatable bonds is 5. The number of allylic oxidation sites excluding steroid dienone is 4. The van der Waals surface area contributed by atoms with Gasteiger partial charge in [0.25, 0.3) is 0 Å². The van der Waals surface area contributed by atoms with E-state index in [1.54, 1.807) is 21.3 Å². The van der Waals surface area contributed by atoms with Gasteiger partial charge in [0, 0.05) is 0 Å². The monoisotopic (exact) mass is 408 g/mol. The SMILES string of the molecule is C[O][Hf]([O]C)([O]C)[C]1=C(CC(C)(C)C)C=CC1. The van der Waals surface area contributed by atoms with Crippen LogP contribution in [0.15, 0.2) is 21.1 Å². The van der Waals surface area contributed by atoms with E-state index < -0.39 is 21.3 Å². The molecule has 0 heterocycles. The fourth-order valence-corrected chi connectivity index (χ4v) is 10.0. The molecular weight excluding hydrogens is 383 g/mol. The fraction of sp³-hybridized carbons (Fsp3) is 0.692. The van der Waals surface area contributed by atoms with Crippen molar-refractivity contribution in [2.45, 2.75) is 33.6 Å². The molecule has 0 bridgehead atoms. The quantitative estimate of drug-likeness (QED) is 0.654. The Morgan fingerprint density at radius 2 is 1.65 bits per heavy atom. The molecule has 0 N–H and O–H groups in total. The molecule has 0 amide bonds. The molecule has 0 aromatic heterocycles. The van der Waals surface area contributed by atoms with Crippen molar-refractivity contribution < 1.29 is 29.8 Å². The molecule has 17 heavy (non-hydrogen) atoms. The Balaban J connectivity index is 3.05. The normalized spacial score (nSPS) is 17.1. The average Bonchev–Trinajstić information content (AvgIpc) is 2.68. The zero-order chi connectivity index (χ0) is 13.1. The molecule has 0 saturated heterocycles. The van der Waals surface area contributed by atoms with Gasteiger partial charge in [-0.3, -0.25) is 0 Å². The predicted octanol–water partition coefficient (Wildman–Crippen LogP) is 3.47. The molecule has 0 aromatic rings. The van der Waals surface area contributed by atoms with Crippen LogP contribution in [0.3, 0.4) is 0 Å². The minimum atomic E-state index is -3.59. The van der Waals surface area contributed by atoms with E-state index in [0.717, 1.165) is 12.8 Å². The van der Waals surface area contributed by atoms with E-state index in [9.17, 15) is 0 Å². The van der Waals surface area contributed by atoms with Gasteiger partial charge < -0.3 is 0 Å². The van der Waals surface area contributed by atoms with Gasteiger partial charge in [0.15, 0.2) is 0 Å². The Morgan fingerprint density at radius 1 is 1.12 bits per heavy atom. The van der Waals surface area contributed by atoms with Crippen LogP contribution in [0.2, 0.25) is 0 Å². The van der Waals surface area contributed by atoms with Crippen LogP contribution in [0.5, 0.6) is 0 Å². The summed E-state index contributed by atoms with van der Waals surface area (Å²) in [6, 6.07) is 0. The zero-order valence-electron chi connectivity index (χ0n) is 11.8. The molecule has 1 aliphatic rings. The molecule has 0 unspecified atom stereocenters. The van der Waals surface area contributed by atoms with Gasteiger partial charge in [-0.05, 0) is 0 Å². The second-order valence-corrected chi connectivity index (χ2v) is 16.1. The van der Waals surface area contributed by atoms with Gasteiger partial charge in [-0.2, -0.15) is 0 Å². The molecule has 0 aromatic carbocycles. The molecule has 1 aliphatic carbocycles. The first kappa shape index (κ1) is 15.3. The van der Waals surface area contributed by atoms with E-state index in [0.29, 0.717) is 0 Å². The molecule has 0 radical (unpaired) electrons. The van der Waals surface area contributed by atoms with Crippen LogP contribution in [0.25, 0.3) is 0 Å². The molecule has 0 saturated carbocycles. The van der Waals surface area contributed by atoms with Crippen molar-refractivity contribution in [1.29, 1.82) is 0 Å². The molecule has 4 heteroatoms. The van der Waals surface area contributed by atoms with Gasteiger partial charge in [-0.25, -0.2) is 0 Å². The van der Waals surface area contributed by atoms with Gasteiger partial charge >= 0.3 is 111 Å². The third-order valence-corrected chi connectivity index (χ3v) is 13.3. The Labute approximate surface area is 111 Å². The van der Waals surface area contributed by atoms with Crippen molar-refractivity contribution in [3.63, 3.8) is 0 Å². The average molecular weight is 407 g/mol. The fourth-order valence-electron chi connectivity index (χ4n) is 2.23. The summed E-state index contributed by atoms with van der Waals surface area (Å²) >= 11 is -3.59. The molecule has 98 valence electrons. The van der Waals surface area contributed by atoms with Crippen LogP contribution in [-0.4, -0.2) is 21.3 Å². The molecule has 1 rings (SSSR count). The summed E-state index contributed by atoms with van der Waals surface area (Å²) in [6.45, 7) is 6.73. The first-order valence-corrected chi connectivity index (χ1v) is 12.1. The summed E-state index contributed by atoms with van der Waals surface area (Å²) in [6.07, 6.45) is 6.34. The van der Waals surface area contributed by atoms with Gasteiger partial charge in [-0.15, -0.1) is 0 Å². The summed E-state index contributed by atoms with van der Waals surface area (Å²) in [5.41, 5.74) is 1.62. The first-order valence-electron chi connectivity index (χ1n) is 5.93. The van der Waals surface area contributed by atoms with Crippen LogP contribution in [0.4, 0.5) is 0 Å². The molecule has 3 nitrogen and oxygen atoms in total. The Kier molecular flexibility index (Phi) is 5.32. The third-order valence-electron chi connectivity index (χ3n) is 2.93. The second-order valence-electron chi connectivity index (χ2n) is 5.52. The van der Waals surface area contributed by atoms with Crippen molar-refractivity contribution in [2.75, 3.05) is 21.3 Å². The zero-order valence-corrected chi connectivity index (χ0v) is 15.4. The van der Waals surface area contributed by atoms with E-state index in [-0.39, 0.29) is 5.41 Å². The van der Waals surface area contributed by atoms with Crippen molar-refractivity contribution >= 4 is 0 Å². The summed E-state index contributed by atoms with van der Waals surface area (Å²) in [5, 5.41) is 0. The minimum absolute atomic E-state index is 0.268. The molecular formula is C13H24HfO3. The third kappa shape index (κ3) is 3.60. The van der Waals surface area contributed by atoms with Crippen molar-refractivity contribution in [2.24, 2.45) is 5.41 Å². The molecule has 0 aliphatic heterocycles. The topological polar surface area (TPSA) is 27.7 Å². The molecule has 0 spiro atoms. The van der Waals surface area contributed by atoms with Crippen molar-refractivity contribution in [3.05, 3.63) is 21.1 Å². The van der Waals surface area contributed by atoms with E-state index in [4.69, 9.17) is 8.56 Å². The second kappa shape index (κ2) is 5.91. The van der Waals surface area contributed by atoms with Crippen LogP contribution < -0.4 is 0 Å². The van der Waals surface area contributed by atoms with E-state index in [2.05, 4.69) is 32.9 Å². The van der Waals surface area contributed by atoms with E-state index in [1.165, 1.54) is 8.90 Å². The van der Waals surface area contributed by atoms with Gasteiger partial charge in [-0.1, -0.05) is 0 Å². The van der Waals surface area contributed by atoms with Crippen LogP contribution in [-0.2, 0) is 29.8 Å². The summed E-state index contributed by atoms with van der Waals surface area (Å²) in [7, 11) is 5.11. The van der Waals surface area contributed by atoms with Crippen LogP contribution in [0.1, 0.15) is 33.6 Å². The standard InChI is InChI=1S/C10H15.3CH3O.Hf/c1-10(2,3)8-9-6-4-5-7-9;3*1-2;/h4,6H,5,8H2,1-3H3;3*1H3;/q;3*-1;+3. The summed E-state index contributed by atoms with van der Waals surface area (Å²) in [5.74, 6) is 0. The predicted molar refractivity (Wildman–Crippen MR) is 65.9 cm³/mol. The van der Waals surface area contributed by atoms with Gasteiger partial charge in [0.05, 0.1) is 0 Å². The Bertz CT molecular complexity index is 314. The van der Waals surface area contributed by atoms with Crippen LogP contribution in [0, 0.1) is 5.41 Å². The van der Waals surface area contributed by atoms with Crippen LogP contribution >= 0.6 is 0 Å². The first-order chi connectivity index (χ1) is 7.88. The molecule has 0 atom stereocenters. The summed E-state index contributed by atoms with van der Waals surface area (Å²) in [4.78, 5) is 0. The van der Waals surface area contributed by atoms with Gasteiger partial charge in [0.2, 0.25) is 0 Å². The number of hydrogen-bond donors (Lipinski definition) is 0. The van der Waals surface area contributed by atoms with E-state index in [1.807, 2.05) is 0 Å². The Hall–Kier alpha value is 0.230.